The van der Waals surface area contributed by atoms with Gasteiger partial charge < -0.3 is 19.9 Å². The van der Waals surface area contributed by atoms with Crippen molar-refractivity contribution >= 4 is 11.9 Å². The lowest BCUT2D eigenvalue weighted by Crippen LogP contribution is -2.57. The van der Waals surface area contributed by atoms with Crippen molar-refractivity contribution in [3.8, 4) is 0 Å². The van der Waals surface area contributed by atoms with Crippen molar-refractivity contribution in [3.63, 3.8) is 0 Å². The van der Waals surface area contributed by atoms with Crippen LogP contribution in [0.2, 0.25) is 0 Å². The van der Waals surface area contributed by atoms with Gasteiger partial charge in [-0.1, -0.05) is 0 Å². The zero-order valence-electron chi connectivity index (χ0n) is 8.90. The van der Waals surface area contributed by atoms with Crippen LogP contribution in [-0.2, 0) is 19.1 Å². The first-order valence-electron chi connectivity index (χ1n) is 5.39. The average molecular weight is 229 g/mol. The summed E-state index contributed by atoms with van der Waals surface area (Å²) in [5.74, 6) is -1.39. The van der Waals surface area contributed by atoms with Gasteiger partial charge >= 0.3 is 5.97 Å². The Hall–Kier alpha value is -1.14. The molecule has 0 aromatic rings. The summed E-state index contributed by atoms with van der Waals surface area (Å²) < 4.78 is 10.3. The van der Waals surface area contributed by atoms with Gasteiger partial charge in [0, 0.05) is 19.6 Å². The fourth-order valence-electron chi connectivity index (χ4n) is 1.99. The fraction of sp³-hybridized carbons (Fsp3) is 0.800. The van der Waals surface area contributed by atoms with Crippen LogP contribution in [0.1, 0.15) is 19.3 Å². The molecule has 2 fully saturated rings. The van der Waals surface area contributed by atoms with Crippen LogP contribution >= 0.6 is 0 Å². The van der Waals surface area contributed by atoms with Crippen LogP contribution in [0.15, 0.2) is 0 Å². The third-order valence-corrected chi connectivity index (χ3v) is 3.02. The Labute approximate surface area is 92.9 Å². The van der Waals surface area contributed by atoms with Gasteiger partial charge in [0.05, 0.1) is 6.61 Å². The Morgan fingerprint density at radius 1 is 1.38 bits per heavy atom. The lowest BCUT2D eigenvalue weighted by Gasteiger charge is -2.25. The predicted molar refractivity (Wildman–Crippen MR) is 52.9 cm³/mol. The van der Waals surface area contributed by atoms with E-state index in [1.807, 2.05) is 0 Å². The molecule has 90 valence electrons. The second-order valence-corrected chi connectivity index (χ2v) is 4.18. The molecule has 0 saturated carbocycles. The number of amides is 1. The molecule has 0 radical (unpaired) electrons. The Balaban J connectivity index is 2.00. The van der Waals surface area contributed by atoms with Crippen LogP contribution in [0.5, 0.6) is 0 Å². The number of carbonyl (C=O) groups is 2. The molecule has 2 aliphatic rings. The van der Waals surface area contributed by atoms with E-state index in [9.17, 15) is 9.59 Å². The van der Waals surface area contributed by atoms with Gasteiger partial charge in [0.25, 0.3) is 0 Å². The first-order valence-corrected chi connectivity index (χ1v) is 5.39. The third-order valence-electron chi connectivity index (χ3n) is 3.02. The summed E-state index contributed by atoms with van der Waals surface area (Å²) in [5.41, 5.74) is -1.26. The third kappa shape index (κ3) is 2.03. The topological polar surface area (TPSA) is 84.9 Å². The van der Waals surface area contributed by atoms with Crippen molar-refractivity contribution in [2.24, 2.45) is 0 Å². The number of carboxylic acids is 1. The van der Waals surface area contributed by atoms with Crippen molar-refractivity contribution in [1.29, 1.82) is 0 Å². The summed E-state index contributed by atoms with van der Waals surface area (Å²) in [6, 6.07) is 0. The molecule has 2 aliphatic heterocycles. The van der Waals surface area contributed by atoms with Gasteiger partial charge in [0.15, 0.2) is 5.54 Å². The molecule has 2 N–H and O–H groups in total. The minimum Gasteiger partial charge on any atom is -0.479 e. The average Bonchev–Trinajstić information content (AvgIpc) is 2.88. The number of carbonyl (C=O) groups excluding carboxylic acids is 1. The van der Waals surface area contributed by atoms with E-state index < -0.39 is 17.6 Å². The van der Waals surface area contributed by atoms with Gasteiger partial charge in [-0.3, -0.25) is 4.79 Å². The van der Waals surface area contributed by atoms with Gasteiger partial charge in [-0.05, 0) is 12.8 Å². The van der Waals surface area contributed by atoms with Crippen LogP contribution in [0.25, 0.3) is 0 Å². The van der Waals surface area contributed by atoms with Crippen molar-refractivity contribution in [1.82, 2.24) is 5.32 Å². The van der Waals surface area contributed by atoms with Crippen LogP contribution in [-0.4, -0.2) is 48.4 Å². The minimum atomic E-state index is -1.26. The van der Waals surface area contributed by atoms with Crippen LogP contribution in [0.4, 0.5) is 0 Å². The number of nitrogens with one attached hydrogen (secondary N) is 1. The molecule has 0 aliphatic carbocycles. The first-order chi connectivity index (χ1) is 7.64. The van der Waals surface area contributed by atoms with Crippen LogP contribution in [0, 0.1) is 0 Å². The van der Waals surface area contributed by atoms with E-state index in [-0.39, 0.29) is 12.5 Å². The number of hydrogen-bond donors (Lipinski definition) is 2. The molecule has 1 amide bonds. The lowest BCUT2D eigenvalue weighted by atomic mass is 9.98. The van der Waals surface area contributed by atoms with Gasteiger partial charge in [0.1, 0.15) is 6.10 Å². The molecule has 0 spiro atoms. The normalized spacial score (nSPS) is 33.9. The molecule has 2 rings (SSSR count). The quantitative estimate of drug-likeness (QED) is 0.683. The monoisotopic (exact) mass is 229 g/mol. The summed E-state index contributed by atoms with van der Waals surface area (Å²) in [5, 5.41) is 11.7. The molecule has 0 aromatic carbocycles. The number of rotatable bonds is 3. The van der Waals surface area contributed by atoms with E-state index in [4.69, 9.17) is 14.6 Å². The van der Waals surface area contributed by atoms with Crippen molar-refractivity contribution < 1.29 is 24.2 Å². The highest BCUT2D eigenvalue weighted by Gasteiger charge is 2.45. The molecule has 2 saturated heterocycles. The maximum Gasteiger partial charge on any atom is 0.331 e. The predicted octanol–water partition coefficient (Wildman–Crippen LogP) is -0.475. The lowest BCUT2D eigenvalue weighted by molar-refractivity contribution is -0.149. The molecule has 16 heavy (non-hydrogen) atoms. The van der Waals surface area contributed by atoms with E-state index in [2.05, 4.69) is 5.32 Å². The number of aliphatic carboxylic acids is 1. The fourth-order valence-corrected chi connectivity index (χ4v) is 1.99. The zero-order valence-corrected chi connectivity index (χ0v) is 8.90. The Bertz CT molecular complexity index is 292. The maximum atomic E-state index is 11.8. The Morgan fingerprint density at radius 3 is 2.69 bits per heavy atom. The molecule has 0 bridgehead atoms. The molecule has 2 heterocycles. The van der Waals surface area contributed by atoms with Crippen LogP contribution < -0.4 is 5.32 Å². The molecule has 2 atom stereocenters. The van der Waals surface area contributed by atoms with E-state index in [0.29, 0.717) is 26.1 Å². The highest BCUT2D eigenvalue weighted by Crippen LogP contribution is 2.21. The van der Waals surface area contributed by atoms with E-state index >= 15 is 0 Å². The zero-order chi connectivity index (χ0) is 11.6. The Kier molecular flexibility index (Phi) is 3.11. The molecular weight excluding hydrogens is 214 g/mol. The van der Waals surface area contributed by atoms with E-state index in [1.165, 1.54) is 0 Å². The van der Waals surface area contributed by atoms with Crippen molar-refractivity contribution in [2.75, 3.05) is 19.8 Å². The summed E-state index contributed by atoms with van der Waals surface area (Å²) in [7, 11) is 0. The first kappa shape index (κ1) is 11.3. The molecule has 0 aromatic heterocycles. The molecule has 6 heteroatoms. The van der Waals surface area contributed by atoms with Gasteiger partial charge in [0.2, 0.25) is 5.91 Å². The summed E-state index contributed by atoms with van der Waals surface area (Å²) in [4.78, 5) is 22.9. The number of hydrogen-bond acceptors (Lipinski definition) is 4. The van der Waals surface area contributed by atoms with Gasteiger partial charge in [-0.2, -0.15) is 0 Å². The molecular formula is C10H15NO5. The summed E-state index contributed by atoms with van der Waals surface area (Å²) >= 11 is 0. The minimum absolute atomic E-state index is 0.0286. The highest BCUT2D eigenvalue weighted by molar-refractivity contribution is 5.89. The second-order valence-electron chi connectivity index (χ2n) is 4.18. The smallest absolute Gasteiger partial charge is 0.331 e. The van der Waals surface area contributed by atoms with E-state index in [1.54, 1.807) is 0 Å². The largest absolute Gasteiger partial charge is 0.479 e. The number of ether oxygens (including phenoxy) is 2. The molecule has 1 unspecified atom stereocenters. The van der Waals surface area contributed by atoms with Crippen molar-refractivity contribution in [3.05, 3.63) is 0 Å². The standard InChI is InChI=1S/C10H15NO5/c12-8(7-2-1-4-16-7)11-10(9(13)14)3-5-15-6-10/h7H,1-6H2,(H,11,12)(H,13,14)/t7-,10?/m1/s1. The second kappa shape index (κ2) is 4.39. The molecule has 6 nitrogen and oxygen atoms in total. The SMILES string of the molecule is O=C(NC1(C(=O)O)CCOC1)[C@H]1CCCO1. The van der Waals surface area contributed by atoms with E-state index in [0.717, 1.165) is 6.42 Å². The highest BCUT2D eigenvalue weighted by atomic mass is 16.5. The van der Waals surface area contributed by atoms with Crippen molar-refractivity contribution in [2.45, 2.75) is 30.9 Å². The summed E-state index contributed by atoms with van der Waals surface area (Å²) in [6.07, 6.45) is 1.30. The van der Waals surface area contributed by atoms with Gasteiger partial charge in [-0.25, -0.2) is 4.79 Å². The number of carboxylic acid groups (broad SMARTS) is 1. The Morgan fingerprint density at radius 2 is 2.19 bits per heavy atom. The maximum absolute atomic E-state index is 11.8. The summed E-state index contributed by atoms with van der Waals surface area (Å²) in [6.45, 7) is 0.952. The van der Waals surface area contributed by atoms with Crippen LogP contribution in [0.3, 0.4) is 0 Å². The van der Waals surface area contributed by atoms with Gasteiger partial charge in [-0.15, -0.1) is 0 Å².